The first-order valence-electron chi connectivity index (χ1n) is 11.4. The Morgan fingerprint density at radius 1 is 1.06 bits per heavy atom. The summed E-state index contributed by atoms with van der Waals surface area (Å²) in [6, 6.07) is 15.6. The summed E-state index contributed by atoms with van der Waals surface area (Å²) in [6.07, 6.45) is 3.72. The molecule has 35 heavy (non-hydrogen) atoms. The molecule has 1 aliphatic rings. The van der Waals surface area contributed by atoms with Crippen LogP contribution < -0.4 is 10.3 Å². The van der Waals surface area contributed by atoms with Crippen molar-refractivity contribution >= 4 is 10.9 Å². The first-order valence-corrected chi connectivity index (χ1v) is 11.4. The second-order valence-electron chi connectivity index (χ2n) is 8.52. The van der Waals surface area contributed by atoms with Crippen LogP contribution in [0.1, 0.15) is 30.2 Å². The fraction of sp³-hybridized carbons (Fsp3) is 0.240. The number of hydrogen-bond acceptors (Lipinski definition) is 9. The number of fused-ring (bicyclic) bond motifs is 1. The van der Waals surface area contributed by atoms with Crippen molar-refractivity contribution in [1.82, 2.24) is 35.1 Å². The van der Waals surface area contributed by atoms with E-state index in [1.54, 1.807) is 12.3 Å². The van der Waals surface area contributed by atoms with Gasteiger partial charge in [0, 0.05) is 12.1 Å². The SMILES string of the molecule is Cc1ccc(-c2ccc3nnn(CCOc4nccc(-c5noc(C6CC6)n5)n4)c(=O)c3c2)cc1. The molecule has 3 aromatic heterocycles. The fourth-order valence-corrected chi connectivity index (χ4v) is 3.74. The summed E-state index contributed by atoms with van der Waals surface area (Å²) in [5.41, 5.74) is 3.98. The van der Waals surface area contributed by atoms with Crippen LogP contribution in [-0.2, 0) is 6.54 Å². The Bertz CT molecular complexity index is 1570. The molecule has 0 amide bonds. The molecule has 3 heterocycles. The second kappa shape index (κ2) is 8.71. The first-order chi connectivity index (χ1) is 17.1. The third-order valence-electron chi connectivity index (χ3n) is 5.87. The van der Waals surface area contributed by atoms with E-state index in [1.807, 2.05) is 49.4 Å². The highest BCUT2D eigenvalue weighted by Crippen LogP contribution is 2.39. The smallest absolute Gasteiger partial charge is 0.317 e. The maximum atomic E-state index is 13.1. The van der Waals surface area contributed by atoms with Gasteiger partial charge in [-0.05, 0) is 49.1 Å². The summed E-state index contributed by atoms with van der Waals surface area (Å²) in [4.78, 5) is 25.9. The van der Waals surface area contributed by atoms with Gasteiger partial charge in [0.1, 0.15) is 17.8 Å². The van der Waals surface area contributed by atoms with Gasteiger partial charge in [-0.25, -0.2) is 9.67 Å². The minimum Gasteiger partial charge on any atom is -0.461 e. The molecule has 1 fully saturated rings. The summed E-state index contributed by atoms with van der Waals surface area (Å²) >= 11 is 0. The van der Waals surface area contributed by atoms with Crippen LogP contribution in [-0.4, -0.2) is 41.7 Å². The largest absolute Gasteiger partial charge is 0.461 e. The van der Waals surface area contributed by atoms with Gasteiger partial charge in [0.15, 0.2) is 0 Å². The van der Waals surface area contributed by atoms with E-state index in [0.717, 1.165) is 24.0 Å². The summed E-state index contributed by atoms with van der Waals surface area (Å²) in [5.74, 6) is 1.41. The van der Waals surface area contributed by atoms with E-state index in [0.29, 0.717) is 34.2 Å². The number of rotatable bonds is 7. The summed E-state index contributed by atoms with van der Waals surface area (Å²) in [6.45, 7) is 2.37. The Hall–Kier alpha value is -4.47. The number of aryl methyl sites for hydroxylation is 1. The van der Waals surface area contributed by atoms with E-state index in [2.05, 4.69) is 30.4 Å². The maximum Gasteiger partial charge on any atom is 0.317 e. The number of hydrogen-bond donors (Lipinski definition) is 0. The van der Waals surface area contributed by atoms with Gasteiger partial charge in [-0.2, -0.15) is 9.97 Å². The van der Waals surface area contributed by atoms with E-state index in [4.69, 9.17) is 9.26 Å². The van der Waals surface area contributed by atoms with Gasteiger partial charge in [-0.3, -0.25) is 4.79 Å². The van der Waals surface area contributed by atoms with Crippen molar-refractivity contribution in [2.75, 3.05) is 6.61 Å². The predicted molar refractivity (Wildman–Crippen MR) is 127 cm³/mol. The van der Waals surface area contributed by atoms with Crippen LogP contribution >= 0.6 is 0 Å². The molecule has 0 aliphatic heterocycles. The third kappa shape index (κ3) is 4.37. The number of benzene rings is 2. The van der Waals surface area contributed by atoms with Gasteiger partial charge in [-0.15, -0.1) is 5.10 Å². The van der Waals surface area contributed by atoms with Gasteiger partial charge in [0.2, 0.25) is 11.7 Å². The molecule has 10 nitrogen and oxygen atoms in total. The van der Waals surface area contributed by atoms with Gasteiger partial charge >= 0.3 is 6.01 Å². The lowest BCUT2D eigenvalue weighted by Gasteiger charge is -2.08. The highest BCUT2D eigenvalue weighted by Gasteiger charge is 2.30. The maximum absolute atomic E-state index is 13.1. The van der Waals surface area contributed by atoms with Crippen molar-refractivity contribution in [2.45, 2.75) is 32.2 Å². The normalized spacial score (nSPS) is 13.3. The molecule has 10 heteroatoms. The van der Waals surface area contributed by atoms with Crippen LogP contribution in [0.3, 0.4) is 0 Å². The Labute approximate surface area is 199 Å². The summed E-state index contributed by atoms with van der Waals surface area (Å²) in [5, 5.41) is 12.7. The monoisotopic (exact) mass is 467 g/mol. The van der Waals surface area contributed by atoms with E-state index >= 15 is 0 Å². The first kappa shape index (κ1) is 21.1. The predicted octanol–water partition coefficient (Wildman–Crippen LogP) is 3.56. The molecule has 0 unspecified atom stereocenters. The molecule has 6 rings (SSSR count). The van der Waals surface area contributed by atoms with Gasteiger partial charge in [0.25, 0.3) is 5.56 Å². The van der Waals surface area contributed by atoms with Crippen LogP contribution in [0, 0.1) is 6.92 Å². The average molecular weight is 467 g/mol. The Balaban J connectivity index is 1.17. The molecule has 174 valence electrons. The molecule has 0 spiro atoms. The van der Waals surface area contributed by atoms with Crippen LogP contribution in [0.25, 0.3) is 33.5 Å². The second-order valence-corrected chi connectivity index (χ2v) is 8.52. The number of nitrogens with zero attached hydrogens (tertiary/aromatic N) is 7. The minimum atomic E-state index is -0.235. The number of aromatic nitrogens is 7. The topological polar surface area (TPSA) is 122 Å². The minimum absolute atomic E-state index is 0.140. The van der Waals surface area contributed by atoms with Crippen molar-refractivity contribution in [1.29, 1.82) is 0 Å². The Morgan fingerprint density at radius 3 is 2.71 bits per heavy atom. The quantitative estimate of drug-likeness (QED) is 0.353. The van der Waals surface area contributed by atoms with Gasteiger partial charge < -0.3 is 9.26 Å². The fourth-order valence-electron chi connectivity index (χ4n) is 3.74. The van der Waals surface area contributed by atoms with Crippen molar-refractivity contribution in [3.8, 4) is 28.7 Å². The van der Waals surface area contributed by atoms with Crippen LogP contribution in [0.5, 0.6) is 6.01 Å². The molecule has 5 aromatic rings. The molecule has 0 radical (unpaired) electrons. The van der Waals surface area contributed by atoms with Crippen LogP contribution in [0.2, 0.25) is 0 Å². The van der Waals surface area contributed by atoms with E-state index < -0.39 is 0 Å². The van der Waals surface area contributed by atoms with Crippen molar-refractivity contribution in [2.24, 2.45) is 0 Å². The van der Waals surface area contributed by atoms with Gasteiger partial charge in [-0.1, -0.05) is 46.3 Å². The Kier molecular flexibility index (Phi) is 5.25. The number of ether oxygens (including phenoxy) is 1. The van der Waals surface area contributed by atoms with Crippen LogP contribution in [0.15, 0.2) is 64.0 Å². The summed E-state index contributed by atoms with van der Waals surface area (Å²) < 4.78 is 12.3. The molecular weight excluding hydrogens is 446 g/mol. The van der Waals surface area contributed by atoms with Crippen molar-refractivity contribution in [3.05, 3.63) is 76.5 Å². The highest BCUT2D eigenvalue weighted by atomic mass is 16.5. The van der Waals surface area contributed by atoms with Crippen molar-refractivity contribution < 1.29 is 9.26 Å². The van der Waals surface area contributed by atoms with Gasteiger partial charge in [0.05, 0.1) is 11.9 Å². The third-order valence-corrected chi connectivity index (χ3v) is 5.87. The van der Waals surface area contributed by atoms with Crippen LogP contribution in [0.4, 0.5) is 0 Å². The lowest BCUT2D eigenvalue weighted by molar-refractivity contribution is 0.265. The zero-order valence-corrected chi connectivity index (χ0v) is 19.0. The van der Waals surface area contributed by atoms with Crippen molar-refractivity contribution in [3.63, 3.8) is 0 Å². The lowest BCUT2D eigenvalue weighted by Crippen LogP contribution is -2.27. The van der Waals surface area contributed by atoms with E-state index in [9.17, 15) is 4.79 Å². The molecule has 0 saturated heterocycles. The lowest BCUT2D eigenvalue weighted by atomic mass is 10.0. The van der Waals surface area contributed by atoms with E-state index in [-0.39, 0.29) is 24.7 Å². The Morgan fingerprint density at radius 2 is 1.89 bits per heavy atom. The molecular formula is C25H21N7O3. The molecule has 0 N–H and O–H groups in total. The summed E-state index contributed by atoms with van der Waals surface area (Å²) in [7, 11) is 0. The zero-order chi connectivity index (χ0) is 23.8. The van der Waals surface area contributed by atoms with E-state index in [1.165, 1.54) is 10.2 Å². The average Bonchev–Trinajstić information content (AvgIpc) is 3.62. The zero-order valence-electron chi connectivity index (χ0n) is 19.0. The standard InChI is InChI=1S/C25H21N7O3/c1-15-2-4-16(5-3-15)18-8-9-20-19(14-18)24(33)32(31-29-20)12-13-34-25-26-11-10-21(27-25)22-28-23(35-30-22)17-6-7-17/h2-5,8-11,14,17H,6-7,12-13H2,1H3. The molecule has 1 saturated carbocycles. The highest BCUT2D eigenvalue weighted by molar-refractivity contribution is 5.83. The molecule has 1 aliphatic carbocycles. The molecule has 0 atom stereocenters. The molecule has 0 bridgehead atoms. The molecule has 2 aromatic carbocycles.